The lowest BCUT2D eigenvalue weighted by Gasteiger charge is -2.07. The molecule has 6 rings (SSSR count). The van der Waals surface area contributed by atoms with E-state index >= 15 is 0 Å². The van der Waals surface area contributed by atoms with Crippen LogP contribution in [0, 0.1) is 0 Å². The molecular formula is C28H28S24. The summed E-state index contributed by atoms with van der Waals surface area (Å²) in [7, 11) is 0. The van der Waals surface area contributed by atoms with Gasteiger partial charge in [0.25, 0.3) is 0 Å². The maximum atomic E-state index is 4.63. The minimum atomic E-state index is 0.767. The highest BCUT2D eigenvalue weighted by Gasteiger charge is 2.33. The van der Waals surface area contributed by atoms with Crippen molar-refractivity contribution in [3.63, 3.8) is 0 Å². The molecule has 0 amide bonds. The Hall–Kier alpha value is 6.06. The summed E-state index contributed by atoms with van der Waals surface area (Å²) in [5.74, 6) is 4.64. The van der Waals surface area contributed by atoms with E-state index in [1.54, 1.807) is 0 Å². The highest BCUT2D eigenvalue weighted by atomic mass is 32.3. The van der Waals surface area contributed by atoms with Crippen LogP contribution in [-0.4, -0.2) is 57.2 Å². The third-order valence-corrected chi connectivity index (χ3v) is 35.7. The molecule has 0 saturated carbocycles. The topological polar surface area (TPSA) is 0 Å². The molecule has 0 atom stereocenters. The summed E-state index contributed by atoms with van der Waals surface area (Å²) in [5.41, 5.74) is 0. The van der Waals surface area contributed by atoms with Crippen molar-refractivity contribution in [2.45, 2.75) is 0 Å². The molecule has 0 spiro atoms. The standard InChI is InChI=1S/C28H28S24/c1-35-17-19(49-26(47-17)23-41-11(3-29)12(4-30)42-23)37-9-39-21-22(52-28(51-21)25-45-15(7-33)16(8-34)46-25)40-10-38-20-18(36-2)48-27(50-20)24-43-13(5-31)14(6-32)44-24/h29-34H,3-10H2,1-2H3. The van der Waals surface area contributed by atoms with Gasteiger partial charge in [-0.15, -0.1) is 70.6 Å². The minimum Gasteiger partial charge on any atom is -0.174 e. The first-order chi connectivity index (χ1) is 25.4. The predicted octanol–water partition coefficient (Wildman–Crippen LogP) is 17.4. The first-order valence-electron chi connectivity index (χ1n) is 14.4. The van der Waals surface area contributed by atoms with Gasteiger partial charge in [-0.3, -0.25) is 0 Å². The third-order valence-electron chi connectivity index (χ3n) is 6.33. The molecule has 0 aromatic heterocycles. The van der Waals surface area contributed by atoms with Crippen LogP contribution in [0.15, 0.2) is 80.3 Å². The summed E-state index contributed by atoms with van der Waals surface area (Å²) >= 11 is 62.3. The molecule has 6 aliphatic rings. The monoisotopic (exact) mass is 1130 g/mol. The zero-order valence-corrected chi connectivity index (χ0v) is 46.8. The van der Waals surface area contributed by atoms with E-state index in [1.165, 1.54) is 80.3 Å². The van der Waals surface area contributed by atoms with E-state index < -0.39 is 0 Å². The molecule has 284 valence electrons. The molecule has 0 aromatic carbocycles. The van der Waals surface area contributed by atoms with Crippen LogP contribution >= 0.6 is 287 Å². The average molecular weight is 1130 g/mol. The number of thioether (sulfide) groups is 18. The van der Waals surface area contributed by atoms with E-state index in [0.29, 0.717) is 0 Å². The summed E-state index contributed by atoms with van der Waals surface area (Å²) in [6, 6.07) is 0. The second-order valence-corrected chi connectivity index (χ2v) is 33.4. The van der Waals surface area contributed by atoms with Crippen molar-refractivity contribution < 1.29 is 0 Å². The summed E-state index contributed by atoms with van der Waals surface area (Å²) in [6.07, 6.45) is 4.41. The molecule has 0 unspecified atom stereocenters. The van der Waals surface area contributed by atoms with Crippen molar-refractivity contribution in [1.29, 1.82) is 0 Å². The van der Waals surface area contributed by atoms with Gasteiger partial charge < -0.3 is 0 Å². The van der Waals surface area contributed by atoms with Crippen LogP contribution in [0.5, 0.6) is 0 Å². The molecular weight excluding hydrogens is 1110 g/mol. The van der Waals surface area contributed by atoms with Crippen LogP contribution in [0.4, 0.5) is 0 Å². The maximum absolute atomic E-state index is 4.63. The van der Waals surface area contributed by atoms with Gasteiger partial charge in [0.15, 0.2) is 0 Å². The zero-order chi connectivity index (χ0) is 36.8. The van der Waals surface area contributed by atoms with Crippen LogP contribution in [-0.2, 0) is 0 Å². The average Bonchev–Trinajstić information content (AvgIpc) is 4.02. The Morgan fingerprint density at radius 1 is 0.308 bits per heavy atom. The molecule has 0 fully saturated rings. The minimum absolute atomic E-state index is 0.767. The van der Waals surface area contributed by atoms with E-state index in [2.05, 4.69) is 88.3 Å². The van der Waals surface area contributed by atoms with Gasteiger partial charge in [0.05, 0.1) is 50.8 Å². The molecule has 0 radical (unpaired) electrons. The quantitative estimate of drug-likeness (QED) is 0.0641. The Labute approximate surface area is 417 Å². The molecule has 52 heavy (non-hydrogen) atoms. The molecule has 0 aliphatic carbocycles. The molecule has 6 heterocycles. The van der Waals surface area contributed by atoms with Gasteiger partial charge in [-0.25, -0.2) is 0 Å². The Balaban J connectivity index is 1.11. The zero-order valence-electron chi connectivity index (χ0n) is 26.7. The van der Waals surface area contributed by atoms with Gasteiger partial charge in [0.1, 0.15) is 0 Å². The Morgan fingerprint density at radius 3 is 0.712 bits per heavy atom. The molecule has 0 nitrogen and oxygen atoms in total. The van der Waals surface area contributed by atoms with Gasteiger partial charge in [-0.1, -0.05) is 141 Å². The molecule has 0 bridgehead atoms. The van der Waals surface area contributed by atoms with E-state index in [9.17, 15) is 0 Å². The number of rotatable bonds is 16. The van der Waals surface area contributed by atoms with Crippen LogP contribution in [0.25, 0.3) is 0 Å². The molecule has 0 aromatic rings. The van der Waals surface area contributed by atoms with Crippen molar-refractivity contribution in [3.05, 3.63) is 80.3 Å². The Bertz CT molecular complexity index is 1570. The fraction of sp³-hybridized carbons (Fsp3) is 0.357. The van der Waals surface area contributed by atoms with Crippen molar-refractivity contribution in [1.82, 2.24) is 0 Å². The lowest BCUT2D eigenvalue weighted by atomic mass is 10.6. The molecule has 6 aliphatic heterocycles. The summed E-state index contributed by atoms with van der Waals surface area (Å²) in [6.45, 7) is 0. The normalized spacial score (nSPS) is 21.7. The first kappa shape index (κ1) is 47.5. The van der Waals surface area contributed by atoms with E-state index in [-0.39, 0.29) is 0 Å². The molecule has 0 saturated heterocycles. The van der Waals surface area contributed by atoms with Crippen molar-refractivity contribution in [2.24, 2.45) is 0 Å². The van der Waals surface area contributed by atoms with Crippen molar-refractivity contribution in [2.75, 3.05) is 57.2 Å². The third kappa shape index (κ3) is 12.2. The van der Waals surface area contributed by atoms with E-state index in [1.807, 2.05) is 212 Å². The van der Waals surface area contributed by atoms with Crippen molar-refractivity contribution >= 4 is 287 Å². The fourth-order valence-corrected chi connectivity index (χ4v) is 33.1. The molecule has 24 heteroatoms. The lowest BCUT2D eigenvalue weighted by molar-refractivity contribution is 1.61. The number of thiol groups is 6. The second-order valence-electron chi connectivity index (χ2n) is 9.38. The maximum Gasteiger partial charge on any atom is 0.0717 e. The van der Waals surface area contributed by atoms with Gasteiger partial charge in [-0.05, 0) is 12.5 Å². The Kier molecular flexibility index (Phi) is 22.1. The second kappa shape index (κ2) is 24.2. The van der Waals surface area contributed by atoms with Crippen molar-refractivity contribution in [3.8, 4) is 0 Å². The largest absolute Gasteiger partial charge is 0.174 e. The lowest BCUT2D eigenvalue weighted by Crippen LogP contribution is -1.80. The van der Waals surface area contributed by atoms with Crippen LogP contribution in [0.2, 0.25) is 0 Å². The number of hydrogen-bond acceptors (Lipinski definition) is 24. The van der Waals surface area contributed by atoms with E-state index in [0.717, 1.165) is 44.7 Å². The highest BCUT2D eigenvalue weighted by molar-refractivity contribution is 8.47. The van der Waals surface area contributed by atoms with Crippen LogP contribution in [0.1, 0.15) is 0 Å². The van der Waals surface area contributed by atoms with Gasteiger partial charge in [0, 0.05) is 74.1 Å². The van der Waals surface area contributed by atoms with Crippen LogP contribution in [0.3, 0.4) is 0 Å². The van der Waals surface area contributed by atoms with Gasteiger partial charge in [0.2, 0.25) is 0 Å². The summed E-state index contributed by atoms with van der Waals surface area (Å²) < 4.78 is 16.9. The van der Waals surface area contributed by atoms with Crippen LogP contribution < -0.4 is 0 Å². The smallest absolute Gasteiger partial charge is 0.0717 e. The first-order valence-corrected chi connectivity index (χ1v) is 34.3. The Morgan fingerprint density at radius 2 is 0.500 bits per heavy atom. The summed E-state index contributed by atoms with van der Waals surface area (Å²) in [5, 5.41) is 1.97. The number of hydrogen-bond donors (Lipinski definition) is 6. The SMILES string of the molecule is CSC1=C(SCSC2=C(SCSC3=C(SC)SC(=C4SC(CS)=C(CS)S4)S3)SC(=C3SC(CS)=C(CS)S3)S2)SC(=C2SC(CS)=C(CS)S2)S1. The fourth-order valence-electron chi connectivity index (χ4n) is 3.99. The highest BCUT2D eigenvalue weighted by Crippen LogP contribution is 2.68. The summed E-state index contributed by atoms with van der Waals surface area (Å²) in [4.78, 5) is 8.08. The van der Waals surface area contributed by atoms with Gasteiger partial charge >= 0.3 is 0 Å². The molecule has 0 N–H and O–H groups in total. The van der Waals surface area contributed by atoms with E-state index in [4.69, 9.17) is 0 Å². The van der Waals surface area contributed by atoms with Gasteiger partial charge in [-0.2, -0.15) is 75.8 Å². The predicted molar refractivity (Wildman–Crippen MR) is 305 cm³/mol.